The van der Waals surface area contributed by atoms with Gasteiger partial charge in [-0.25, -0.2) is 0 Å². The van der Waals surface area contributed by atoms with Crippen molar-refractivity contribution >= 4 is 15.5 Å². The molecule has 4 rings (SSSR count). The minimum atomic E-state index is -1.04. The Balaban J connectivity index is 1.72. The van der Waals surface area contributed by atoms with Crippen LogP contribution in [0.5, 0.6) is 0 Å². The Kier molecular flexibility index (Phi) is 7.46. The normalized spacial score (nSPS) is 25.8. The zero-order valence-corrected chi connectivity index (χ0v) is 22.5. The molecule has 5 nitrogen and oxygen atoms in total. The van der Waals surface area contributed by atoms with Crippen LogP contribution < -0.4 is 0 Å². The molecule has 1 unspecified atom stereocenters. The van der Waals surface area contributed by atoms with Crippen LogP contribution in [0.2, 0.25) is 5.04 Å². The smallest absolute Gasteiger partial charge is 0.168 e. The van der Waals surface area contributed by atoms with Crippen LogP contribution in [0.15, 0.2) is 60.7 Å². The van der Waals surface area contributed by atoms with Gasteiger partial charge in [-0.1, -0.05) is 81.4 Å². The van der Waals surface area contributed by atoms with Crippen LogP contribution in [0.25, 0.3) is 0 Å². The zero-order valence-electron chi connectivity index (χ0n) is 21.1. The lowest BCUT2D eigenvalue weighted by atomic mass is 9.78. The summed E-state index contributed by atoms with van der Waals surface area (Å²) in [5.41, 5.74) is 0.932. The molecule has 0 spiro atoms. The average molecular weight is 483 g/mol. The molecule has 0 aromatic heterocycles. The summed E-state index contributed by atoms with van der Waals surface area (Å²) in [5.74, 6) is -0.482. The molecular weight excluding hydrogens is 444 g/mol. The van der Waals surface area contributed by atoms with Gasteiger partial charge in [0.15, 0.2) is 27.4 Å². The first-order valence-corrected chi connectivity index (χ1v) is 13.6. The molecule has 2 fully saturated rings. The summed E-state index contributed by atoms with van der Waals surface area (Å²) in [6.07, 6.45) is 0.990. The topological polar surface area (TPSA) is 54.0 Å². The van der Waals surface area contributed by atoms with Crippen molar-refractivity contribution in [2.24, 2.45) is 0 Å². The number of carbonyl (C=O) groups excluding carboxylic acids is 1. The van der Waals surface area contributed by atoms with Gasteiger partial charge in [-0.05, 0) is 36.4 Å². The minimum Gasteiger partial charge on any atom is -0.407 e. The van der Waals surface area contributed by atoms with Gasteiger partial charge in [-0.3, -0.25) is 4.79 Å². The number of hydrogen-bond donors (Lipinski definition) is 0. The van der Waals surface area contributed by atoms with E-state index in [-0.39, 0.29) is 23.0 Å². The number of Topliss-reactive ketones (excluding diaryl/α,β-unsaturated/α-hetero) is 1. The fraction of sp³-hybridized carbons (Fsp3) is 0.536. The van der Waals surface area contributed by atoms with E-state index in [0.717, 1.165) is 11.1 Å². The highest BCUT2D eigenvalue weighted by atomic mass is 28.2. The Labute approximate surface area is 206 Å². The summed E-state index contributed by atoms with van der Waals surface area (Å²) in [5, 5.41) is 0.0482. The van der Waals surface area contributed by atoms with E-state index in [4.69, 9.17) is 18.6 Å². The first kappa shape index (κ1) is 25.3. The summed E-state index contributed by atoms with van der Waals surface area (Å²) in [4.78, 5) is 13.6. The summed E-state index contributed by atoms with van der Waals surface area (Å²) < 4.78 is 25.5. The van der Waals surface area contributed by atoms with Gasteiger partial charge in [-0.15, -0.1) is 0 Å². The molecule has 6 heteroatoms. The third kappa shape index (κ3) is 5.69. The highest BCUT2D eigenvalue weighted by Gasteiger charge is 2.51. The predicted molar refractivity (Wildman–Crippen MR) is 135 cm³/mol. The molecule has 2 aromatic carbocycles. The summed E-state index contributed by atoms with van der Waals surface area (Å²) >= 11 is 0. The van der Waals surface area contributed by atoms with Gasteiger partial charge in [0.2, 0.25) is 0 Å². The third-order valence-electron chi connectivity index (χ3n) is 6.43. The van der Waals surface area contributed by atoms with E-state index in [1.165, 1.54) is 0 Å². The molecule has 0 radical (unpaired) electrons. The molecule has 184 valence electrons. The van der Waals surface area contributed by atoms with Crippen molar-refractivity contribution in [3.05, 3.63) is 71.8 Å². The second kappa shape index (κ2) is 10.0. The highest BCUT2D eigenvalue weighted by molar-refractivity contribution is 6.32. The summed E-state index contributed by atoms with van der Waals surface area (Å²) in [6.45, 7) is 11.0. The van der Waals surface area contributed by atoms with Crippen molar-refractivity contribution in [2.75, 3.05) is 6.61 Å². The van der Waals surface area contributed by atoms with Gasteiger partial charge >= 0.3 is 0 Å². The molecule has 2 aliphatic heterocycles. The largest absolute Gasteiger partial charge is 0.407 e. The fourth-order valence-corrected chi connectivity index (χ4v) is 6.00. The molecule has 34 heavy (non-hydrogen) atoms. The second-order valence-electron chi connectivity index (χ2n) is 11.1. The van der Waals surface area contributed by atoms with Crippen molar-refractivity contribution in [1.29, 1.82) is 0 Å². The second-order valence-corrected chi connectivity index (χ2v) is 13.8. The standard InChI is InChI=1S/C28H38O5Si/c1-26(2,3)34-33-28(20-12-8-6-9-13-20,21-14-10-7-11-15-21)25-24(29)17-16-22(31-25)18-23-19-30-27(4,5)32-23/h6-15,22-23,25H,16-19,34H2,1-5H3/t22-,23?,25-/m0/s1. The van der Waals surface area contributed by atoms with E-state index >= 15 is 0 Å². The Morgan fingerprint density at radius 2 is 1.56 bits per heavy atom. The number of benzene rings is 2. The highest BCUT2D eigenvalue weighted by Crippen LogP contribution is 2.43. The van der Waals surface area contributed by atoms with E-state index in [9.17, 15) is 4.79 Å². The van der Waals surface area contributed by atoms with Crippen molar-refractivity contribution < 1.29 is 23.4 Å². The Bertz CT molecular complexity index is 914. The Morgan fingerprint density at radius 1 is 0.971 bits per heavy atom. The van der Waals surface area contributed by atoms with Crippen LogP contribution in [-0.4, -0.2) is 46.3 Å². The van der Waals surface area contributed by atoms with Crippen molar-refractivity contribution in [3.63, 3.8) is 0 Å². The van der Waals surface area contributed by atoms with Crippen LogP contribution in [0.1, 0.15) is 65.0 Å². The van der Waals surface area contributed by atoms with E-state index < -0.39 is 27.3 Å². The molecule has 3 atom stereocenters. The quantitative estimate of drug-likeness (QED) is 0.525. The van der Waals surface area contributed by atoms with Crippen LogP contribution in [0.3, 0.4) is 0 Å². The van der Waals surface area contributed by atoms with Crippen LogP contribution in [0.4, 0.5) is 0 Å². The zero-order chi connectivity index (χ0) is 24.4. The Morgan fingerprint density at radius 3 is 2.06 bits per heavy atom. The summed E-state index contributed by atoms with van der Waals surface area (Å²) in [6, 6.07) is 20.2. The van der Waals surface area contributed by atoms with E-state index in [0.29, 0.717) is 25.9 Å². The van der Waals surface area contributed by atoms with E-state index in [2.05, 4.69) is 45.0 Å². The minimum absolute atomic E-state index is 0.0402. The number of ether oxygens (including phenoxy) is 3. The van der Waals surface area contributed by atoms with Gasteiger partial charge in [0.1, 0.15) is 5.60 Å². The fourth-order valence-electron chi connectivity index (χ4n) is 4.85. The number of carbonyl (C=O) groups is 1. The molecule has 0 bridgehead atoms. The van der Waals surface area contributed by atoms with E-state index in [1.54, 1.807) is 0 Å². The lowest BCUT2D eigenvalue weighted by molar-refractivity contribution is -0.172. The van der Waals surface area contributed by atoms with Gasteiger partial charge < -0.3 is 18.6 Å². The molecular formula is C28H38O5Si. The van der Waals surface area contributed by atoms with E-state index in [1.807, 2.05) is 50.2 Å². The SMILES string of the molecule is CC1(C)OCC(C[C@@H]2CCC(=O)[C@@H](C(O[SiH2]C(C)(C)C)(c3ccccc3)c3ccccc3)O2)O1. The molecule has 2 aliphatic rings. The molecule has 2 heterocycles. The van der Waals surface area contributed by atoms with Crippen molar-refractivity contribution in [2.45, 2.75) is 88.6 Å². The molecule has 0 amide bonds. The molecule has 2 saturated heterocycles. The van der Waals surface area contributed by atoms with Gasteiger partial charge in [0, 0.05) is 12.8 Å². The average Bonchev–Trinajstić information content (AvgIpc) is 3.15. The monoisotopic (exact) mass is 482 g/mol. The van der Waals surface area contributed by atoms with Gasteiger partial charge in [0.05, 0.1) is 18.8 Å². The van der Waals surface area contributed by atoms with Crippen LogP contribution in [0, 0.1) is 0 Å². The van der Waals surface area contributed by atoms with Crippen molar-refractivity contribution in [1.82, 2.24) is 0 Å². The van der Waals surface area contributed by atoms with Gasteiger partial charge in [-0.2, -0.15) is 0 Å². The first-order chi connectivity index (χ1) is 16.1. The van der Waals surface area contributed by atoms with Crippen molar-refractivity contribution in [3.8, 4) is 0 Å². The van der Waals surface area contributed by atoms with Gasteiger partial charge in [0.25, 0.3) is 0 Å². The third-order valence-corrected chi connectivity index (χ3v) is 7.90. The molecule has 0 aliphatic carbocycles. The summed E-state index contributed by atoms with van der Waals surface area (Å²) in [7, 11) is -1.04. The lowest BCUT2D eigenvalue weighted by Gasteiger charge is -2.45. The molecule has 2 aromatic rings. The molecule has 0 N–H and O–H groups in total. The maximum Gasteiger partial charge on any atom is 0.168 e. The predicted octanol–water partition coefficient (Wildman–Crippen LogP) is 4.91. The molecule has 0 saturated carbocycles. The van der Waals surface area contributed by atoms with Crippen LogP contribution in [-0.2, 0) is 29.0 Å². The Hall–Kier alpha value is -1.83. The first-order valence-electron chi connectivity index (χ1n) is 12.3. The maximum atomic E-state index is 13.6. The number of rotatable bonds is 7. The maximum absolute atomic E-state index is 13.6. The number of ketones is 1. The lowest BCUT2D eigenvalue weighted by Crippen LogP contribution is -2.54. The van der Waals surface area contributed by atoms with Crippen LogP contribution >= 0.6 is 0 Å². The number of hydrogen-bond acceptors (Lipinski definition) is 5.